The molecule has 0 unspecified atom stereocenters. The normalized spacial score (nSPS) is 21.4. The minimum Gasteiger partial charge on any atom is -0.349 e. The van der Waals surface area contributed by atoms with Gasteiger partial charge in [0.05, 0.1) is 18.4 Å². The van der Waals surface area contributed by atoms with Crippen molar-refractivity contribution in [1.29, 1.82) is 0 Å². The number of rotatable bonds is 4. The average molecular weight is 347 g/mol. The van der Waals surface area contributed by atoms with Crippen molar-refractivity contribution in [1.82, 2.24) is 24.8 Å². The van der Waals surface area contributed by atoms with Crippen molar-refractivity contribution in [3.8, 4) is 0 Å². The van der Waals surface area contributed by atoms with E-state index in [0.717, 1.165) is 54.4 Å². The molecule has 6 nitrogen and oxygen atoms in total. The molecule has 1 amide bonds. The van der Waals surface area contributed by atoms with Crippen LogP contribution in [0.25, 0.3) is 4.96 Å². The Balaban J connectivity index is 1.47. The lowest BCUT2D eigenvalue weighted by molar-refractivity contribution is -0.135. The first kappa shape index (κ1) is 16.0. The van der Waals surface area contributed by atoms with Gasteiger partial charge in [-0.1, -0.05) is 30.6 Å². The Labute approximate surface area is 146 Å². The maximum Gasteiger partial charge on any atom is 0.240 e. The maximum atomic E-state index is 13.1. The molecule has 4 rings (SSSR count). The van der Waals surface area contributed by atoms with Gasteiger partial charge in [0, 0.05) is 0 Å². The second kappa shape index (κ2) is 6.44. The molecule has 0 atom stereocenters. The highest BCUT2D eigenvalue weighted by Crippen LogP contribution is 2.36. The minimum absolute atomic E-state index is 0.199. The predicted octanol–water partition coefficient (Wildman–Crippen LogP) is 2.51. The molecule has 1 N–H and O–H groups in total. The number of amides is 1. The van der Waals surface area contributed by atoms with Crippen LogP contribution in [0.2, 0.25) is 0 Å². The lowest BCUT2D eigenvalue weighted by atomic mass is 9.79. The van der Waals surface area contributed by atoms with E-state index in [2.05, 4.69) is 20.3 Å². The summed E-state index contributed by atoms with van der Waals surface area (Å²) < 4.78 is 1.80. The Morgan fingerprint density at radius 1 is 1.25 bits per heavy atom. The quantitative estimate of drug-likeness (QED) is 0.923. The molecule has 7 heteroatoms. The molecular formula is C17H25N5OS. The third-order valence-corrected chi connectivity index (χ3v) is 6.28. The second-order valence-electron chi connectivity index (χ2n) is 7.05. The molecule has 130 valence electrons. The third kappa shape index (κ3) is 2.84. The van der Waals surface area contributed by atoms with Gasteiger partial charge in [0.1, 0.15) is 10.5 Å². The largest absolute Gasteiger partial charge is 0.349 e. The summed E-state index contributed by atoms with van der Waals surface area (Å²) in [6, 6.07) is 0. The summed E-state index contributed by atoms with van der Waals surface area (Å²) >= 11 is 1.57. The molecule has 0 spiro atoms. The molecule has 2 fully saturated rings. The molecule has 0 bridgehead atoms. The topological polar surface area (TPSA) is 62.5 Å². The van der Waals surface area contributed by atoms with Gasteiger partial charge in [-0.25, -0.2) is 9.50 Å². The molecule has 1 aliphatic heterocycles. The number of carbonyl (C=O) groups is 1. The number of hydrogen-bond acceptors (Lipinski definition) is 5. The molecule has 2 aliphatic rings. The smallest absolute Gasteiger partial charge is 0.240 e. The highest BCUT2D eigenvalue weighted by molar-refractivity contribution is 7.16. The van der Waals surface area contributed by atoms with Crippen LogP contribution in [0.4, 0.5) is 0 Å². The highest BCUT2D eigenvalue weighted by Gasteiger charge is 2.45. The monoisotopic (exact) mass is 347 g/mol. The summed E-state index contributed by atoms with van der Waals surface area (Å²) in [5, 5.41) is 8.55. The van der Waals surface area contributed by atoms with Crippen molar-refractivity contribution in [3.63, 3.8) is 0 Å². The number of likely N-dealkylation sites (tertiary alicyclic amines) is 1. The predicted molar refractivity (Wildman–Crippen MR) is 94.1 cm³/mol. The number of fused-ring (bicyclic) bond motifs is 1. The number of hydrogen-bond donors (Lipinski definition) is 1. The molecule has 1 aliphatic carbocycles. The first-order valence-corrected chi connectivity index (χ1v) is 9.84. The van der Waals surface area contributed by atoms with Gasteiger partial charge in [-0.2, -0.15) is 5.10 Å². The maximum absolute atomic E-state index is 13.1. The van der Waals surface area contributed by atoms with Crippen LogP contribution in [-0.4, -0.2) is 44.0 Å². The zero-order valence-electron chi connectivity index (χ0n) is 14.3. The lowest BCUT2D eigenvalue weighted by Crippen LogP contribution is -2.58. The molecule has 1 saturated heterocycles. The highest BCUT2D eigenvalue weighted by atomic mass is 32.1. The summed E-state index contributed by atoms with van der Waals surface area (Å²) in [5.74, 6) is 0.199. The Morgan fingerprint density at radius 3 is 2.71 bits per heavy atom. The number of carbonyl (C=O) groups excluding carboxylic acids is 1. The van der Waals surface area contributed by atoms with E-state index in [0.29, 0.717) is 6.54 Å². The summed E-state index contributed by atoms with van der Waals surface area (Å²) in [5.41, 5.74) is 0.607. The van der Waals surface area contributed by atoms with Crippen LogP contribution in [0.1, 0.15) is 55.6 Å². The van der Waals surface area contributed by atoms with Crippen LogP contribution in [0, 0.1) is 6.92 Å². The average Bonchev–Trinajstić information content (AvgIpc) is 3.29. The molecule has 0 aromatic carbocycles. The SMILES string of the molecule is Cc1nn2cc(CNC(=O)C3(N4CCCC4)CCCCC3)nc2s1. The van der Waals surface area contributed by atoms with Gasteiger partial charge >= 0.3 is 0 Å². The molecule has 24 heavy (non-hydrogen) atoms. The van der Waals surface area contributed by atoms with Crippen molar-refractivity contribution in [2.45, 2.75) is 64.0 Å². The van der Waals surface area contributed by atoms with Gasteiger partial charge in [0.15, 0.2) is 0 Å². The van der Waals surface area contributed by atoms with E-state index in [1.54, 1.807) is 15.9 Å². The zero-order chi connectivity index (χ0) is 16.6. The van der Waals surface area contributed by atoms with Crippen molar-refractivity contribution in [2.75, 3.05) is 13.1 Å². The van der Waals surface area contributed by atoms with E-state index in [1.807, 2.05) is 13.1 Å². The van der Waals surface area contributed by atoms with E-state index in [1.165, 1.54) is 19.3 Å². The van der Waals surface area contributed by atoms with Crippen molar-refractivity contribution < 1.29 is 4.79 Å². The molecule has 1 saturated carbocycles. The number of imidazole rings is 1. The van der Waals surface area contributed by atoms with E-state index in [9.17, 15) is 4.79 Å². The second-order valence-corrected chi connectivity index (χ2v) is 8.21. The fourth-order valence-corrected chi connectivity index (χ4v) is 4.98. The Hall–Kier alpha value is -1.47. The van der Waals surface area contributed by atoms with E-state index < -0.39 is 0 Å². The van der Waals surface area contributed by atoms with E-state index >= 15 is 0 Å². The van der Waals surface area contributed by atoms with Gasteiger partial charge in [-0.15, -0.1) is 0 Å². The number of nitrogens with zero attached hydrogens (tertiary/aromatic N) is 4. The molecular weight excluding hydrogens is 322 g/mol. The van der Waals surface area contributed by atoms with Gasteiger partial charge in [0.2, 0.25) is 10.9 Å². The minimum atomic E-state index is -0.277. The van der Waals surface area contributed by atoms with E-state index in [4.69, 9.17) is 0 Å². The standard InChI is InChI=1S/C17H25N5OS/c1-13-20-22-12-14(19-16(22)24-13)11-18-15(23)17(7-3-2-4-8-17)21-9-5-6-10-21/h12H,2-11H2,1H3,(H,18,23). The van der Waals surface area contributed by atoms with Crippen LogP contribution in [0.5, 0.6) is 0 Å². The fraction of sp³-hybridized carbons (Fsp3) is 0.706. The zero-order valence-corrected chi connectivity index (χ0v) is 15.1. The van der Waals surface area contributed by atoms with Gasteiger partial charge < -0.3 is 5.32 Å². The summed E-state index contributed by atoms with van der Waals surface area (Å²) in [7, 11) is 0. The Kier molecular flexibility index (Phi) is 4.30. The van der Waals surface area contributed by atoms with Gasteiger partial charge in [-0.05, 0) is 45.7 Å². The molecule has 2 aromatic heterocycles. The van der Waals surface area contributed by atoms with Gasteiger partial charge in [0.25, 0.3) is 0 Å². The third-order valence-electron chi connectivity index (χ3n) is 5.44. The fourth-order valence-electron chi connectivity index (χ4n) is 4.23. The number of aryl methyl sites for hydroxylation is 1. The summed E-state index contributed by atoms with van der Waals surface area (Å²) in [6.45, 7) is 4.60. The Morgan fingerprint density at radius 2 is 2.00 bits per heavy atom. The van der Waals surface area contributed by atoms with Crippen molar-refractivity contribution in [3.05, 3.63) is 16.9 Å². The Bertz CT molecular complexity index is 693. The first-order chi connectivity index (χ1) is 11.7. The lowest BCUT2D eigenvalue weighted by Gasteiger charge is -2.43. The van der Waals surface area contributed by atoms with Crippen LogP contribution < -0.4 is 5.32 Å². The van der Waals surface area contributed by atoms with E-state index in [-0.39, 0.29) is 11.4 Å². The van der Waals surface area contributed by atoms with Crippen LogP contribution in [0.3, 0.4) is 0 Å². The summed E-state index contributed by atoms with van der Waals surface area (Å²) in [4.78, 5) is 21.0. The van der Waals surface area contributed by atoms with Crippen molar-refractivity contribution >= 4 is 22.2 Å². The number of aromatic nitrogens is 3. The molecule has 3 heterocycles. The molecule has 2 aromatic rings. The van der Waals surface area contributed by atoms with Gasteiger partial charge in [-0.3, -0.25) is 9.69 Å². The van der Waals surface area contributed by atoms with Crippen LogP contribution in [-0.2, 0) is 11.3 Å². The first-order valence-electron chi connectivity index (χ1n) is 9.02. The van der Waals surface area contributed by atoms with Crippen LogP contribution in [0.15, 0.2) is 6.20 Å². The number of nitrogens with one attached hydrogen (secondary N) is 1. The summed E-state index contributed by atoms with van der Waals surface area (Å²) in [6.07, 6.45) is 9.93. The van der Waals surface area contributed by atoms with Crippen LogP contribution >= 0.6 is 11.3 Å². The van der Waals surface area contributed by atoms with Crippen molar-refractivity contribution in [2.24, 2.45) is 0 Å². The molecule has 0 radical (unpaired) electrons.